The molecule has 6 heteroatoms. The number of imidazole rings is 1. The lowest BCUT2D eigenvalue weighted by molar-refractivity contribution is 0.0455. The first-order chi connectivity index (χ1) is 11.7. The van der Waals surface area contributed by atoms with Gasteiger partial charge in [-0.05, 0) is 24.3 Å². The number of rotatable bonds is 7. The maximum atomic E-state index is 13.1. The van der Waals surface area contributed by atoms with E-state index in [9.17, 15) is 8.78 Å². The van der Waals surface area contributed by atoms with E-state index in [4.69, 9.17) is 4.74 Å². The SMILES string of the molecule is FC(F)n1ccnc1CN(Cc1ccccc1)CC1CCOCC1. The molecule has 0 saturated carbocycles. The van der Waals surface area contributed by atoms with Crippen LogP contribution < -0.4 is 0 Å². The van der Waals surface area contributed by atoms with Crippen molar-refractivity contribution >= 4 is 0 Å². The van der Waals surface area contributed by atoms with Gasteiger partial charge in [-0.2, -0.15) is 8.78 Å². The average Bonchev–Trinajstić information content (AvgIpc) is 3.05. The second kappa shape index (κ2) is 8.35. The third-order valence-corrected chi connectivity index (χ3v) is 4.43. The van der Waals surface area contributed by atoms with Gasteiger partial charge < -0.3 is 4.74 Å². The Hall–Kier alpha value is -1.79. The molecule has 4 nitrogen and oxygen atoms in total. The van der Waals surface area contributed by atoms with Crippen molar-refractivity contribution < 1.29 is 13.5 Å². The Kier molecular flexibility index (Phi) is 5.93. The number of hydrogen-bond donors (Lipinski definition) is 0. The van der Waals surface area contributed by atoms with Gasteiger partial charge in [0.1, 0.15) is 5.82 Å². The van der Waals surface area contributed by atoms with Gasteiger partial charge in [0, 0.05) is 38.7 Å². The molecule has 1 aromatic carbocycles. The summed E-state index contributed by atoms with van der Waals surface area (Å²) in [5.74, 6) is 0.949. The molecule has 0 aliphatic carbocycles. The molecule has 1 aliphatic rings. The van der Waals surface area contributed by atoms with Crippen molar-refractivity contribution in [1.82, 2.24) is 14.5 Å². The molecule has 0 atom stereocenters. The highest BCUT2D eigenvalue weighted by molar-refractivity contribution is 5.14. The Morgan fingerprint density at radius 2 is 1.92 bits per heavy atom. The summed E-state index contributed by atoms with van der Waals surface area (Å²) in [6.07, 6.45) is 4.83. The van der Waals surface area contributed by atoms with Gasteiger partial charge in [-0.3, -0.25) is 9.47 Å². The van der Waals surface area contributed by atoms with Crippen LogP contribution in [-0.2, 0) is 17.8 Å². The van der Waals surface area contributed by atoms with Crippen molar-refractivity contribution in [3.8, 4) is 0 Å². The van der Waals surface area contributed by atoms with E-state index in [0.29, 0.717) is 18.3 Å². The summed E-state index contributed by atoms with van der Waals surface area (Å²) in [5, 5.41) is 0. The average molecular weight is 335 g/mol. The minimum atomic E-state index is -2.55. The highest BCUT2D eigenvalue weighted by Gasteiger charge is 2.20. The summed E-state index contributed by atoms with van der Waals surface area (Å²) >= 11 is 0. The molecule has 2 aromatic rings. The Bertz CT molecular complexity index is 612. The van der Waals surface area contributed by atoms with Crippen molar-refractivity contribution in [2.24, 2.45) is 5.92 Å². The fourth-order valence-electron chi connectivity index (χ4n) is 3.16. The van der Waals surface area contributed by atoms with Crippen LogP contribution in [0, 0.1) is 5.92 Å². The number of nitrogens with zero attached hydrogens (tertiary/aromatic N) is 3. The predicted molar refractivity (Wildman–Crippen MR) is 87.6 cm³/mol. The van der Waals surface area contributed by atoms with E-state index in [2.05, 4.69) is 22.0 Å². The van der Waals surface area contributed by atoms with Gasteiger partial charge in [0.15, 0.2) is 0 Å². The molecule has 130 valence electrons. The second-order valence-corrected chi connectivity index (χ2v) is 6.24. The molecular weight excluding hydrogens is 312 g/mol. The first kappa shape index (κ1) is 17.0. The zero-order valence-corrected chi connectivity index (χ0v) is 13.7. The molecule has 0 spiro atoms. The van der Waals surface area contributed by atoms with Gasteiger partial charge in [-0.1, -0.05) is 30.3 Å². The maximum absolute atomic E-state index is 13.1. The monoisotopic (exact) mass is 335 g/mol. The molecule has 0 unspecified atom stereocenters. The first-order valence-electron chi connectivity index (χ1n) is 8.36. The number of benzene rings is 1. The molecule has 1 aromatic heterocycles. The number of hydrogen-bond acceptors (Lipinski definition) is 3. The zero-order valence-electron chi connectivity index (χ0n) is 13.7. The van der Waals surface area contributed by atoms with Crippen molar-refractivity contribution in [2.45, 2.75) is 32.5 Å². The largest absolute Gasteiger partial charge is 0.381 e. The van der Waals surface area contributed by atoms with Crippen LogP contribution in [0.5, 0.6) is 0 Å². The van der Waals surface area contributed by atoms with E-state index in [1.54, 1.807) is 0 Å². The van der Waals surface area contributed by atoms with Crippen molar-refractivity contribution in [3.63, 3.8) is 0 Å². The van der Waals surface area contributed by atoms with E-state index in [-0.39, 0.29) is 0 Å². The highest BCUT2D eigenvalue weighted by Crippen LogP contribution is 2.20. The summed E-state index contributed by atoms with van der Waals surface area (Å²) in [5.41, 5.74) is 1.18. The van der Waals surface area contributed by atoms with Crippen LogP contribution in [0.1, 0.15) is 30.8 Å². The van der Waals surface area contributed by atoms with Crippen LogP contribution in [-0.4, -0.2) is 34.2 Å². The Balaban J connectivity index is 1.71. The smallest absolute Gasteiger partial charge is 0.319 e. The van der Waals surface area contributed by atoms with Crippen LogP contribution in [0.4, 0.5) is 8.78 Å². The van der Waals surface area contributed by atoms with Crippen LogP contribution in [0.15, 0.2) is 42.7 Å². The van der Waals surface area contributed by atoms with Crippen LogP contribution >= 0.6 is 0 Å². The minimum absolute atomic E-state index is 0.410. The second-order valence-electron chi connectivity index (χ2n) is 6.24. The molecular formula is C18H23F2N3O. The normalized spacial score (nSPS) is 16.2. The number of ether oxygens (including phenoxy) is 1. The molecule has 1 saturated heterocycles. The van der Waals surface area contributed by atoms with E-state index in [1.165, 1.54) is 18.0 Å². The third kappa shape index (κ3) is 4.61. The molecule has 3 rings (SSSR count). The number of halogens is 2. The highest BCUT2D eigenvalue weighted by atomic mass is 19.3. The van der Waals surface area contributed by atoms with Crippen LogP contribution in [0.25, 0.3) is 0 Å². The molecule has 24 heavy (non-hydrogen) atoms. The first-order valence-corrected chi connectivity index (χ1v) is 8.36. The van der Waals surface area contributed by atoms with E-state index in [0.717, 1.165) is 43.7 Å². The van der Waals surface area contributed by atoms with Gasteiger partial charge in [-0.25, -0.2) is 4.98 Å². The number of aromatic nitrogens is 2. The third-order valence-electron chi connectivity index (χ3n) is 4.43. The van der Waals surface area contributed by atoms with E-state index in [1.807, 2.05) is 18.2 Å². The fraction of sp³-hybridized carbons (Fsp3) is 0.500. The lowest BCUT2D eigenvalue weighted by Crippen LogP contribution is -2.32. The van der Waals surface area contributed by atoms with Gasteiger partial charge in [0.25, 0.3) is 0 Å². The fourth-order valence-corrected chi connectivity index (χ4v) is 3.16. The Labute approximate surface area is 141 Å². The molecule has 0 bridgehead atoms. The molecule has 0 amide bonds. The summed E-state index contributed by atoms with van der Waals surface area (Å²) < 4.78 is 32.5. The summed E-state index contributed by atoms with van der Waals surface area (Å²) in [4.78, 5) is 6.34. The minimum Gasteiger partial charge on any atom is -0.381 e. The predicted octanol–water partition coefficient (Wildman–Crippen LogP) is 3.71. The van der Waals surface area contributed by atoms with Crippen LogP contribution in [0.3, 0.4) is 0 Å². The van der Waals surface area contributed by atoms with Gasteiger partial charge >= 0.3 is 6.55 Å². The maximum Gasteiger partial charge on any atom is 0.319 e. The summed E-state index contributed by atoms with van der Waals surface area (Å²) in [7, 11) is 0. The van der Waals surface area contributed by atoms with Crippen molar-refractivity contribution in [3.05, 3.63) is 54.1 Å². The van der Waals surface area contributed by atoms with Gasteiger partial charge in [0.05, 0.1) is 6.54 Å². The quantitative estimate of drug-likeness (QED) is 0.773. The van der Waals surface area contributed by atoms with Gasteiger partial charge in [0.2, 0.25) is 0 Å². The molecule has 2 heterocycles. The Morgan fingerprint density at radius 3 is 2.62 bits per heavy atom. The topological polar surface area (TPSA) is 30.3 Å². The molecule has 1 aliphatic heterocycles. The molecule has 0 radical (unpaired) electrons. The number of alkyl halides is 2. The van der Waals surface area contributed by atoms with Gasteiger partial charge in [-0.15, -0.1) is 0 Å². The van der Waals surface area contributed by atoms with Crippen molar-refractivity contribution in [2.75, 3.05) is 19.8 Å². The van der Waals surface area contributed by atoms with E-state index < -0.39 is 6.55 Å². The zero-order chi connectivity index (χ0) is 16.8. The van der Waals surface area contributed by atoms with Crippen molar-refractivity contribution in [1.29, 1.82) is 0 Å². The summed E-state index contributed by atoms with van der Waals surface area (Å²) in [6, 6.07) is 10.1. The lowest BCUT2D eigenvalue weighted by Gasteiger charge is -2.29. The molecule has 1 fully saturated rings. The molecule has 0 N–H and O–H groups in total. The van der Waals surface area contributed by atoms with E-state index >= 15 is 0 Å². The lowest BCUT2D eigenvalue weighted by atomic mass is 9.99. The Morgan fingerprint density at radius 1 is 1.17 bits per heavy atom. The standard InChI is InChI=1S/C18H23F2N3O/c19-18(20)23-9-8-21-17(23)14-22(12-15-4-2-1-3-5-15)13-16-6-10-24-11-7-16/h1-5,8-9,16,18H,6-7,10-14H2. The summed E-state index contributed by atoms with van der Waals surface area (Å²) in [6.45, 7) is 1.04. The van der Waals surface area contributed by atoms with Crippen LogP contribution in [0.2, 0.25) is 0 Å².